The number of anilines is 2. The molecule has 1 saturated heterocycles. The van der Waals surface area contributed by atoms with Crippen LogP contribution in [0.15, 0.2) is 42.6 Å². The third-order valence-electron chi connectivity index (χ3n) is 3.75. The van der Waals surface area contributed by atoms with Gasteiger partial charge in [-0.05, 0) is 49.2 Å². The lowest BCUT2D eigenvalue weighted by atomic mass is 10.1. The zero-order valence-electron chi connectivity index (χ0n) is 12.5. The molecule has 1 fully saturated rings. The molecule has 118 valence electrons. The number of carbonyl (C=O) groups is 2. The van der Waals surface area contributed by atoms with E-state index in [-0.39, 0.29) is 11.8 Å². The molecule has 2 amide bonds. The van der Waals surface area contributed by atoms with Crippen LogP contribution in [0, 0.1) is 5.95 Å². The first-order chi connectivity index (χ1) is 11.1. The van der Waals surface area contributed by atoms with Crippen molar-refractivity contribution in [2.75, 3.05) is 16.8 Å². The molecule has 0 radical (unpaired) electrons. The number of benzene rings is 1. The van der Waals surface area contributed by atoms with Crippen LogP contribution >= 0.6 is 0 Å². The van der Waals surface area contributed by atoms with Crippen LogP contribution in [0.2, 0.25) is 0 Å². The highest BCUT2D eigenvalue weighted by Gasteiger charge is 2.19. The molecule has 1 aliphatic heterocycles. The van der Waals surface area contributed by atoms with Crippen molar-refractivity contribution in [3.05, 3.63) is 54.1 Å². The number of piperidine rings is 1. The monoisotopic (exact) mass is 313 g/mol. The molecular weight excluding hydrogens is 297 g/mol. The summed E-state index contributed by atoms with van der Waals surface area (Å²) in [5.74, 6) is -0.792. The molecule has 2 aromatic rings. The smallest absolute Gasteiger partial charge is 0.255 e. The minimum atomic E-state index is -0.599. The van der Waals surface area contributed by atoms with Gasteiger partial charge in [-0.2, -0.15) is 4.39 Å². The molecule has 0 unspecified atom stereocenters. The fraction of sp³-hybridized carbons (Fsp3) is 0.235. The molecule has 5 nitrogen and oxygen atoms in total. The maximum absolute atomic E-state index is 12.7. The standard InChI is InChI=1S/C17H16FN3O2/c18-15-9-6-13(11-19-15)20-17(23)12-4-7-14(8-5-12)21-10-2-1-3-16(21)22/h4-9,11H,1-3,10H2,(H,20,23). The molecule has 23 heavy (non-hydrogen) atoms. The van der Waals surface area contributed by atoms with Crippen LogP contribution in [0.3, 0.4) is 0 Å². The highest BCUT2D eigenvalue weighted by atomic mass is 19.1. The minimum absolute atomic E-state index is 0.117. The molecule has 0 aliphatic carbocycles. The summed E-state index contributed by atoms with van der Waals surface area (Å²) in [6.45, 7) is 0.714. The number of amides is 2. The minimum Gasteiger partial charge on any atom is -0.321 e. The number of hydrogen-bond donors (Lipinski definition) is 1. The van der Waals surface area contributed by atoms with E-state index in [1.165, 1.54) is 18.3 Å². The van der Waals surface area contributed by atoms with Crippen molar-refractivity contribution in [1.29, 1.82) is 0 Å². The van der Waals surface area contributed by atoms with E-state index in [2.05, 4.69) is 10.3 Å². The van der Waals surface area contributed by atoms with E-state index < -0.39 is 5.95 Å². The highest BCUT2D eigenvalue weighted by Crippen LogP contribution is 2.21. The first-order valence-electron chi connectivity index (χ1n) is 7.47. The Morgan fingerprint density at radius 3 is 2.57 bits per heavy atom. The van der Waals surface area contributed by atoms with Crippen molar-refractivity contribution >= 4 is 23.2 Å². The molecule has 0 saturated carbocycles. The normalized spacial score (nSPS) is 14.7. The number of nitrogens with one attached hydrogen (secondary N) is 1. The van der Waals surface area contributed by atoms with Gasteiger partial charge in [0.25, 0.3) is 5.91 Å². The summed E-state index contributed by atoms with van der Waals surface area (Å²) in [6, 6.07) is 9.50. The van der Waals surface area contributed by atoms with Crippen LogP contribution in [0.25, 0.3) is 0 Å². The lowest BCUT2D eigenvalue weighted by Gasteiger charge is -2.26. The summed E-state index contributed by atoms with van der Waals surface area (Å²) in [4.78, 5) is 29.3. The molecule has 1 aromatic heterocycles. The number of halogens is 1. The van der Waals surface area contributed by atoms with E-state index in [9.17, 15) is 14.0 Å². The second kappa shape index (κ2) is 6.56. The van der Waals surface area contributed by atoms with Gasteiger partial charge in [-0.15, -0.1) is 0 Å². The maximum atomic E-state index is 12.7. The Balaban J connectivity index is 1.70. The molecule has 0 atom stereocenters. The Morgan fingerprint density at radius 2 is 1.91 bits per heavy atom. The molecule has 6 heteroatoms. The zero-order chi connectivity index (χ0) is 16.2. The number of aromatic nitrogens is 1. The van der Waals surface area contributed by atoms with Crippen molar-refractivity contribution in [2.45, 2.75) is 19.3 Å². The molecule has 1 aliphatic rings. The van der Waals surface area contributed by atoms with E-state index in [4.69, 9.17) is 0 Å². The van der Waals surface area contributed by atoms with Crippen LogP contribution in [-0.4, -0.2) is 23.3 Å². The zero-order valence-corrected chi connectivity index (χ0v) is 12.5. The summed E-state index contributed by atoms with van der Waals surface area (Å²) in [5, 5.41) is 2.64. The SMILES string of the molecule is O=C(Nc1ccc(F)nc1)c1ccc(N2CCCCC2=O)cc1. The third-order valence-corrected chi connectivity index (χ3v) is 3.75. The number of nitrogens with zero attached hydrogens (tertiary/aromatic N) is 2. The predicted octanol–water partition coefficient (Wildman–Crippen LogP) is 2.99. The van der Waals surface area contributed by atoms with Crippen LogP contribution in [0.5, 0.6) is 0 Å². The van der Waals surface area contributed by atoms with Gasteiger partial charge in [0.1, 0.15) is 0 Å². The number of pyridine rings is 1. The lowest BCUT2D eigenvalue weighted by molar-refractivity contribution is -0.119. The summed E-state index contributed by atoms with van der Waals surface area (Å²) in [5.41, 5.74) is 1.68. The van der Waals surface area contributed by atoms with Crippen molar-refractivity contribution in [3.8, 4) is 0 Å². The van der Waals surface area contributed by atoms with Crippen LogP contribution in [0.4, 0.5) is 15.8 Å². The van der Waals surface area contributed by atoms with E-state index in [1.807, 2.05) is 0 Å². The Labute approximate surface area is 133 Å². The Bertz CT molecular complexity index is 714. The van der Waals surface area contributed by atoms with Crippen LogP contribution in [-0.2, 0) is 4.79 Å². The van der Waals surface area contributed by atoms with E-state index in [1.54, 1.807) is 29.2 Å². The van der Waals surface area contributed by atoms with Gasteiger partial charge in [0.05, 0.1) is 11.9 Å². The van der Waals surface area contributed by atoms with E-state index in [0.29, 0.717) is 24.2 Å². The summed E-state index contributed by atoms with van der Waals surface area (Å²) >= 11 is 0. The van der Waals surface area contributed by atoms with Crippen LogP contribution in [0.1, 0.15) is 29.6 Å². The predicted molar refractivity (Wildman–Crippen MR) is 84.8 cm³/mol. The molecule has 0 spiro atoms. The molecule has 3 rings (SSSR count). The van der Waals surface area contributed by atoms with Crippen LogP contribution < -0.4 is 10.2 Å². The lowest BCUT2D eigenvalue weighted by Crippen LogP contribution is -2.35. The molecule has 1 N–H and O–H groups in total. The highest BCUT2D eigenvalue weighted by molar-refractivity contribution is 6.04. The molecule has 1 aromatic carbocycles. The largest absolute Gasteiger partial charge is 0.321 e. The topological polar surface area (TPSA) is 62.3 Å². The average molecular weight is 313 g/mol. The molecular formula is C17H16FN3O2. The average Bonchev–Trinajstić information content (AvgIpc) is 2.57. The van der Waals surface area contributed by atoms with Gasteiger partial charge in [-0.25, -0.2) is 4.98 Å². The van der Waals surface area contributed by atoms with Gasteiger partial charge >= 0.3 is 0 Å². The quantitative estimate of drug-likeness (QED) is 0.886. The van der Waals surface area contributed by atoms with E-state index >= 15 is 0 Å². The summed E-state index contributed by atoms with van der Waals surface area (Å²) < 4.78 is 12.7. The van der Waals surface area contributed by atoms with Gasteiger partial charge < -0.3 is 10.2 Å². The summed E-state index contributed by atoms with van der Waals surface area (Å²) in [6.07, 6.45) is 3.75. The fourth-order valence-electron chi connectivity index (χ4n) is 2.52. The Hall–Kier alpha value is -2.76. The molecule has 0 bridgehead atoms. The first-order valence-corrected chi connectivity index (χ1v) is 7.47. The maximum Gasteiger partial charge on any atom is 0.255 e. The fourth-order valence-corrected chi connectivity index (χ4v) is 2.52. The van der Waals surface area contributed by atoms with Gasteiger partial charge in [0, 0.05) is 24.2 Å². The van der Waals surface area contributed by atoms with Crippen molar-refractivity contribution in [3.63, 3.8) is 0 Å². The van der Waals surface area contributed by atoms with E-state index in [0.717, 1.165) is 18.5 Å². The van der Waals surface area contributed by atoms with Gasteiger partial charge in [-0.1, -0.05) is 0 Å². The Morgan fingerprint density at radius 1 is 1.13 bits per heavy atom. The first kappa shape index (κ1) is 15.1. The van der Waals surface area contributed by atoms with Gasteiger partial charge in [0.15, 0.2) is 0 Å². The number of carbonyl (C=O) groups excluding carboxylic acids is 2. The van der Waals surface area contributed by atoms with Crippen molar-refractivity contribution < 1.29 is 14.0 Å². The number of hydrogen-bond acceptors (Lipinski definition) is 3. The van der Waals surface area contributed by atoms with Crippen molar-refractivity contribution in [2.24, 2.45) is 0 Å². The summed E-state index contributed by atoms with van der Waals surface area (Å²) in [7, 11) is 0. The van der Waals surface area contributed by atoms with Gasteiger partial charge in [0.2, 0.25) is 11.9 Å². The Kier molecular flexibility index (Phi) is 4.32. The van der Waals surface area contributed by atoms with Gasteiger partial charge in [-0.3, -0.25) is 9.59 Å². The second-order valence-electron chi connectivity index (χ2n) is 5.37. The third kappa shape index (κ3) is 3.53. The van der Waals surface area contributed by atoms with Crippen molar-refractivity contribution in [1.82, 2.24) is 4.98 Å². The molecule has 2 heterocycles. The second-order valence-corrected chi connectivity index (χ2v) is 5.37. The number of rotatable bonds is 3.